The Bertz CT molecular complexity index is 463. The summed E-state index contributed by atoms with van der Waals surface area (Å²) in [6.07, 6.45) is 2.94. The van der Waals surface area contributed by atoms with E-state index in [0.717, 1.165) is 32.4 Å². The Morgan fingerprint density at radius 1 is 1.35 bits per heavy atom. The highest BCUT2D eigenvalue weighted by atomic mass is 19.1. The number of halogens is 1. The molecule has 2 heterocycles. The van der Waals surface area contributed by atoms with Gasteiger partial charge in [0.25, 0.3) is 0 Å². The predicted molar refractivity (Wildman–Crippen MR) is 75.7 cm³/mol. The maximum atomic E-state index is 14.2. The standard InChI is InChI=1S/C15H21FN2O2/c16-14-8-12(20-13-5-7-19-10-13)3-4-15(14)18-6-1-2-11(17)9-18/h3-4,8,11,13H,1-2,5-7,9-10,17H2. The molecule has 4 nitrogen and oxygen atoms in total. The summed E-state index contributed by atoms with van der Waals surface area (Å²) in [4.78, 5) is 2.02. The molecule has 0 spiro atoms. The van der Waals surface area contributed by atoms with Crippen LogP contribution in [0.5, 0.6) is 5.75 Å². The van der Waals surface area contributed by atoms with Gasteiger partial charge in [-0.25, -0.2) is 4.39 Å². The molecule has 0 saturated carbocycles. The third-order valence-electron chi connectivity index (χ3n) is 3.91. The Kier molecular flexibility index (Phi) is 4.08. The number of piperidine rings is 1. The Labute approximate surface area is 118 Å². The van der Waals surface area contributed by atoms with Gasteiger partial charge in [-0.1, -0.05) is 0 Å². The average molecular weight is 280 g/mol. The number of hydrogen-bond donors (Lipinski definition) is 1. The van der Waals surface area contributed by atoms with Crippen LogP contribution < -0.4 is 15.4 Å². The average Bonchev–Trinajstić information content (AvgIpc) is 2.92. The molecule has 1 aromatic rings. The predicted octanol–water partition coefficient (Wildman–Crippen LogP) is 1.92. The van der Waals surface area contributed by atoms with Gasteiger partial charge in [0, 0.05) is 31.6 Å². The second-order valence-corrected chi connectivity index (χ2v) is 5.56. The molecule has 2 N–H and O–H groups in total. The van der Waals surface area contributed by atoms with Crippen LogP contribution in [-0.2, 0) is 4.74 Å². The van der Waals surface area contributed by atoms with Crippen LogP contribution in [0.25, 0.3) is 0 Å². The Morgan fingerprint density at radius 2 is 2.25 bits per heavy atom. The molecule has 0 bridgehead atoms. The summed E-state index contributed by atoms with van der Waals surface area (Å²) in [5, 5.41) is 0. The molecule has 110 valence electrons. The molecule has 0 radical (unpaired) electrons. The lowest BCUT2D eigenvalue weighted by molar-refractivity contribution is 0.141. The van der Waals surface area contributed by atoms with E-state index in [1.165, 1.54) is 6.07 Å². The Balaban J connectivity index is 1.70. The number of nitrogens with zero attached hydrogens (tertiary/aromatic N) is 1. The number of benzene rings is 1. The number of rotatable bonds is 3. The number of ether oxygens (including phenoxy) is 2. The molecule has 2 fully saturated rings. The molecule has 3 rings (SSSR count). The van der Waals surface area contributed by atoms with E-state index in [4.69, 9.17) is 15.2 Å². The van der Waals surface area contributed by atoms with Gasteiger partial charge in [-0.05, 0) is 25.0 Å². The maximum Gasteiger partial charge on any atom is 0.150 e. The summed E-state index contributed by atoms with van der Waals surface area (Å²) in [6, 6.07) is 5.22. The van der Waals surface area contributed by atoms with Crippen molar-refractivity contribution < 1.29 is 13.9 Å². The molecule has 0 amide bonds. The van der Waals surface area contributed by atoms with Crippen LogP contribution in [0.4, 0.5) is 10.1 Å². The van der Waals surface area contributed by atoms with Crippen LogP contribution >= 0.6 is 0 Å². The van der Waals surface area contributed by atoms with E-state index in [-0.39, 0.29) is 18.0 Å². The van der Waals surface area contributed by atoms with E-state index in [1.54, 1.807) is 6.07 Å². The quantitative estimate of drug-likeness (QED) is 0.919. The molecule has 20 heavy (non-hydrogen) atoms. The van der Waals surface area contributed by atoms with Crippen LogP contribution in [0.1, 0.15) is 19.3 Å². The lowest BCUT2D eigenvalue weighted by Crippen LogP contribution is -2.43. The van der Waals surface area contributed by atoms with E-state index >= 15 is 0 Å². The SMILES string of the molecule is NC1CCCN(c2ccc(OC3CCOC3)cc2F)C1. The monoisotopic (exact) mass is 280 g/mol. The second kappa shape index (κ2) is 5.97. The number of hydrogen-bond acceptors (Lipinski definition) is 4. The topological polar surface area (TPSA) is 47.7 Å². The van der Waals surface area contributed by atoms with Crippen molar-refractivity contribution in [3.63, 3.8) is 0 Å². The summed E-state index contributed by atoms with van der Waals surface area (Å²) < 4.78 is 25.2. The minimum absolute atomic E-state index is 0.0451. The summed E-state index contributed by atoms with van der Waals surface area (Å²) in [5.41, 5.74) is 6.57. The van der Waals surface area contributed by atoms with Crippen molar-refractivity contribution in [2.45, 2.75) is 31.4 Å². The van der Waals surface area contributed by atoms with Crippen molar-refractivity contribution in [3.05, 3.63) is 24.0 Å². The molecular formula is C15H21FN2O2. The highest BCUT2D eigenvalue weighted by Gasteiger charge is 2.21. The third-order valence-corrected chi connectivity index (χ3v) is 3.91. The maximum absolute atomic E-state index is 14.2. The van der Waals surface area contributed by atoms with E-state index in [1.807, 2.05) is 11.0 Å². The molecule has 5 heteroatoms. The third kappa shape index (κ3) is 3.04. The van der Waals surface area contributed by atoms with Crippen LogP contribution in [0, 0.1) is 5.82 Å². The number of nitrogens with two attached hydrogens (primary N) is 1. The fourth-order valence-corrected chi connectivity index (χ4v) is 2.84. The summed E-state index contributed by atoms with van der Waals surface area (Å²) in [5.74, 6) is 0.332. The van der Waals surface area contributed by atoms with Gasteiger partial charge in [0.15, 0.2) is 0 Å². The van der Waals surface area contributed by atoms with Crippen molar-refractivity contribution in [3.8, 4) is 5.75 Å². The van der Waals surface area contributed by atoms with Crippen LogP contribution in [0.2, 0.25) is 0 Å². The zero-order valence-corrected chi connectivity index (χ0v) is 11.6. The lowest BCUT2D eigenvalue weighted by Gasteiger charge is -2.32. The molecule has 2 aliphatic rings. The van der Waals surface area contributed by atoms with Crippen molar-refractivity contribution in [1.82, 2.24) is 0 Å². The van der Waals surface area contributed by atoms with E-state index in [2.05, 4.69) is 0 Å². The summed E-state index contributed by atoms with van der Waals surface area (Å²) >= 11 is 0. The normalized spacial score (nSPS) is 26.8. The first-order chi connectivity index (χ1) is 9.72. The highest BCUT2D eigenvalue weighted by Crippen LogP contribution is 2.27. The van der Waals surface area contributed by atoms with E-state index < -0.39 is 0 Å². The minimum Gasteiger partial charge on any atom is -0.488 e. The largest absolute Gasteiger partial charge is 0.488 e. The Hall–Kier alpha value is -1.33. The minimum atomic E-state index is -0.240. The second-order valence-electron chi connectivity index (χ2n) is 5.56. The smallest absolute Gasteiger partial charge is 0.150 e. The zero-order chi connectivity index (χ0) is 13.9. The molecule has 0 aliphatic carbocycles. The van der Waals surface area contributed by atoms with Crippen LogP contribution in [0.3, 0.4) is 0 Å². The van der Waals surface area contributed by atoms with Crippen molar-refractivity contribution in [1.29, 1.82) is 0 Å². The fraction of sp³-hybridized carbons (Fsp3) is 0.600. The van der Waals surface area contributed by atoms with Gasteiger partial charge < -0.3 is 20.1 Å². The lowest BCUT2D eigenvalue weighted by atomic mass is 10.1. The first kappa shape index (κ1) is 13.6. The number of anilines is 1. The van der Waals surface area contributed by atoms with Crippen molar-refractivity contribution >= 4 is 5.69 Å². The molecule has 2 unspecified atom stereocenters. The van der Waals surface area contributed by atoms with Gasteiger partial charge in [-0.3, -0.25) is 0 Å². The zero-order valence-electron chi connectivity index (χ0n) is 11.6. The molecule has 2 saturated heterocycles. The van der Waals surface area contributed by atoms with Crippen molar-refractivity contribution in [2.24, 2.45) is 5.73 Å². The van der Waals surface area contributed by atoms with Gasteiger partial charge in [-0.15, -0.1) is 0 Å². The van der Waals surface area contributed by atoms with Gasteiger partial charge in [0.05, 0.1) is 18.9 Å². The highest BCUT2D eigenvalue weighted by molar-refractivity contribution is 5.51. The van der Waals surface area contributed by atoms with Gasteiger partial charge in [0.1, 0.15) is 17.7 Å². The molecule has 0 aromatic heterocycles. The molecule has 1 aromatic carbocycles. The summed E-state index contributed by atoms with van der Waals surface area (Å²) in [7, 11) is 0. The van der Waals surface area contributed by atoms with Crippen LogP contribution in [-0.4, -0.2) is 38.4 Å². The fourth-order valence-electron chi connectivity index (χ4n) is 2.84. The van der Waals surface area contributed by atoms with Crippen molar-refractivity contribution in [2.75, 3.05) is 31.2 Å². The first-order valence-electron chi connectivity index (χ1n) is 7.27. The van der Waals surface area contributed by atoms with E-state index in [0.29, 0.717) is 24.6 Å². The van der Waals surface area contributed by atoms with Gasteiger partial charge >= 0.3 is 0 Å². The van der Waals surface area contributed by atoms with E-state index in [9.17, 15) is 4.39 Å². The van der Waals surface area contributed by atoms with Gasteiger partial charge in [-0.2, -0.15) is 0 Å². The van der Waals surface area contributed by atoms with Gasteiger partial charge in [0.2, 0.25) is 0 Å². The first-order valence-corrected chi connectivity index (χ1v) is 7.27. The van der Waals surface area contributed by atoms with Crippen LogP contribution in [0.15, 0.2) is 18.2 Å². The molecule has 2 atom stereocenters. The summed E-state index contributed by atoms with van der Waals surface area (Å²) in [6.45, 7) is 2.89. The molecular weight excluding hydrogens is 259 g/mol. The Morgan fingerprint density at radius 3 is 2.95 bits per heavy atom. The molecule has 2 aliphatic heterocycles.